The number of ether oxygens (including phenoxy) is 1. The van der Waals surface area contributed by atoms with Crippen molar-refractivity contribution >= 4 is 21.6 Å². The van der Waals surface area contributed by atoms with Crippen LogP contribution in [0.5, 0.6) is 0 Å². The van der Waals surface area contributed by atoms with Crippen molar-refractivity contribution in [3.05, 3.63) is 28.2 Å². The van der Waals surface area contributed by atoms with Gasteiger partial charge in [-0.2, -0.15) is 13.2 Å². The van der Waals surface area contributed by atoms with Crippen molar-refractivity contribution in [2.45, 2.75) is 6.18 Å². The van der Waals surface area contributed by atoms with E-state index in [9.17, 15) is 13.2 Å². The third-order valence-electron chi connectivity index (χ3n) is 2.58. The molecule has 1 N–H and O–H groups in total. The zero-order chi connectivity index (χ0) is 13.2. The number of halogens is 4. The predicted molar refractivity (Wildman–Crippen MR) is 65.2 cm³/mol. The Morgan fingerprint density at radius 1 is 1.22 bits per heavy atom. The second kappa shape index (κ2) is 5.46. The van der Waals surface area contributed by atoms with E-state index < -0.39 is 11.7 Å². The topological polar surface area (TPSA) is 24.5 Å². The summed E-state index contributed by atoms with van der Waals surface area (Å²) in [6.07, 6.45) is -4.38. The Hall–Kier alpha value is -0.790. The van der Waals surface area contributed by atoms with E-state index in [1.807, 2.05) is 0 Å². The Balaban J connectivity index is 2.21. The van der Waals surface area contributed by atoms with Crippen molar-refractivity contribution in [1.29, 1.82) is 0 Å². The van der Waals surface area contributed by atoms with Crippen molar-refractivity contribution in [3.8, 4) is 0 Å². The van der Waals surface area contributed by atoms with Crippen LogP contribution in [0, 0.1) is 0 Å². The molecule has 0 amide bonds. The molecule has 1 heterocycles. The maximum absolute atomic E-state index is 12.9. The first-order chi connectivity index (χ1) is 8.47. The molecule has 1 aliphatic heterocycles. The average Bonchev–Trinajstić information content (AvgIpc) is 2.31. The molecule has 2 rings (SSSR count). The smallest absolute Gasteiger partial charge is 0.379 e. The fourth-order valence-electron chi connectivity index (χ4n) is 1.69. The van der Waals surface area contributed by atoms with Crippen molar-refractivity contribution in [2.75, 3.05) is 31.7 Å². The molecule has 1 fully saturated rings. The van der Waals surface area contributed by atoms with Gasteiger partial charge in [0.25, 0.3) is 0 Å². The first kappa shape index (κ1) is 13.6. The second-order valence-corrected chi connectivity index (χ2v) is 4.81. The standard InChI is InChI=1S/C11H12BrF3N2O/c12-8-1-2-10(9(7-8)11(13,14)15)16-17-3-5-18-6-4-17/h1-2,7,16H,3-6H2. The molecule has 3 nitrogen and oxygen atoms in total. The van der Waals surface area contributed by atoms with Gasteiger partial charge in [0.05, 0.1) is 24.5 Å². The quantitative estimate of drug-likeness (QED) is 0.904. The largest absolute Gasteiger partial charge is 0.418 e. The summed E-state index contributed by atoms with van der Waals surface area (Å²) < 4.78 is 44.2. The summed E-state index contributed by atoms with van der Waals surface area (Å²) in [5.41, 5.74) is 2.18. The van der Waals surface area contributed by atoms with Crippen LogP contribution in [0.15, 0.2) is 22.7 Å². The van der Waals surface area contributed by atoms with Crippen LogP contribution in [0.25, 0.3) is 0 Å². The Morgan fingerprint density at radius 2 is 1.89 bits per heavy atom. The van der Waals surface area contributed by atoms with E-state index in [1.165, 1.54) is 6.07 Å². The van der Waals surface area contributed by atoms with Crippen molar-refractivity contribution in [3.63, 3.8) is 0 Å². The van der Waals surface area contributed by atoms with E-state index in [0.717, 1.165) is 6.07 Å². The molecule has 0 spiro atoms. The number of alkyl halides is 3. The molecule has 0 aliphatic carbocycles. The van der Waals surface area contributed by atoms with E-state index in [4.69, 9.17) is 4.74 Å². The zero-order valence-corrected chi connectivity index (χ0v) is 11.0. The van der Waals surface area contributed by atoms with Crippen molar-refractivity contribution in [1.82, 2.24) is 5.01 Å². The van der Waals surface area contributed by atoms with Gasteiger partial charge in [-0.3, -0.25) is 0 Å². The van der Waals surface area contributed by atoms with E-state index in [2.05, 4.69) is 21.4 Å². The van der Waals surface area contributed by atoms with Gasteiger partial charge in [-0.1, -0.05) is 15.9 Å². The molecule has 1 aromatic rings. The molecule has 0 aromatic heterocycles. The number of anilines is 1. The number of nitrogens with zero attached hydrogens (tertiary/aromatic N) is 1. The number of hydrogen-bond acceptors (Lipinski definition) is 3. The molecule has 1 aliphatic rings. The SMILES string of the molecule is FC(F)(F)c1cc(Br)ccc1NN1CCOCC1. The molecular weight excluding hydrogens is 313 g/mol. The summed E-state index contributed by atoms with van der Waals surface area (Å²) in [6, 6.07) is 4.07. The first-order valence-electron chi connectivity index (χ1n) is 5.43. The van der Waals surface area contributed by atoms with Gasteiger partial charge in [0.1, 0.15) is 0 Å². The van der Waals surface area contributed by atoms with Crippen LogP contribution in [-0.2, 0) is 10.9 Å². The molecule has 7 heteroatoms. The lowest BCUT2D eigenvalue weighted by Crippen LogP contribution is -2.40. The minimum atomic E-state index is -4.38. The molecule has 0 saturated carbocycles. The number of hydrogen-bond donors (Lipinski definition) is 1. The van der Waals surface area contributed by atoms with Crippen LogP contribution in [0.1, 0.15) is 5.56 Å². The third-order valence-corrected chi connectivity index (χ3v) is 3.07. The minimum absolute atomic E-state index is 0.0626. The van der Waals surface area contributed by atoms with Gasteiger partial charge < -0.3 is 10.2 Å². The van der Waals surface area contributed by atoms with Crippen molar-refractivity contribution in [2.24, 2.45) is 0 Å². The highest BCUT2D eigenvalue weighted by Crippen LogP contribution is 2.36. The highest BCUT2D eigenvalue weighted by atomic mass is 79.9. The maximum atomic E-state index is 12.9. The number of hydrazine groups is 1. The lowest BCUT2D eigenvalue weighted by molar-refractivity contribution is -0.137. The van der Waals surface area contributed by atoms with Gasteiger partial charge in [0.2, 0.25) is 0 Å². The lowest BCUT2D eigenvalue weighted by atomic mass is 10.2. The zero-order valence-electron chi connectivity index (χ0n) is 9.43. The lowest BCUT2D eigenvalue weighted by Gasteiger charge is -2.29. The van der Waals surface area contributed by atoms with Gasteiger partial charge in [-0.05, 0) is 18.2 Å². The number of nitrogens with one attached hydrogen (secondary N) is 1. The maximum Gasteiger partial charge on any atom is 0.418 e. The highest BCUT2D eigenvalue weighted by Gasteiger charge is 2.34. The third kappa shape index (κ3) is 3.37. The summed E-state index contributed by atoms with van der Waals surface area (Å²) in [7, 11) is 0. The van der Waals surface area contributed by atoms with Gasteiger partial charge in [-0.15, -0.1) is 0 Å². The van der Waals surface area contributed by atoms with Crippen LogP contribution in [0.2, 0.25) is 0 Å². The summed E-state index contributed by atoms with van der Waals surface area (Å²) in [4.78, 5) is 0. The minimum Gasteiger partial charge on any atom is -0.379 e. The van der Waals surface area contributed by atoms with E-state index >= 15 is 0 Å². The second-order valence-electron chi connectivity index (χ2n) is 3.90. The fourth-order valence-corrected chi connectivity index (χ4v) is 2.06. The molecule has 0 unspecified atom stereocenters. The molecule has 0 atom stereocenters. The Kier molecular flexibility index (Phi) is 4.14. The molecule has 1 saturated heterocycles. The monoisotopic (exact) mass is 324 g/mol. The number of rotatable bonds is 2. The number of benzene rings is 1. The Morgan fingerprint density at radius 3 is 2.50 bits per heavy atom. The molecular formula is C11H12BrF3N2O. The van der Waals surface area contributed by atoms with Crippen LogP contribution in [0.4, 0.5) is 18.9 Å². The van der Waals surface area contributed by atoms with Crippen LogP contribution in [0.3, 0.4) is 0 Å². The van der Waals surface area contributed by atoms with Crippen LogP contribution >= 0.6 is 15.9 Å². The van der Waals surface area contributed by atoms with Crippen LogP contribution in [-0.4, -0.2) is 31.3 Å². The Bertz CT molecular complexity index is 419. The Labute approximate surface area is 111 Å². The van der Waals surface area contributed by atoms with Gasteiger partial charge in [0, 0.05) is 17.6 Å². The normalized spacial score (nSPS) is 17.8. The van der Waals surface area contributed by atoms with Gasteiger partial charge in [0.15, 0.2) is 0 Å². The van der Waals surface area contributed by atoms with Gasteiger partial charge in [-0.25, -0.2) is 5.01 Å². The molecule has 0 bridgehead atoms. The molecule has 18 heavy (non-hydrogen) atoms. The van der Waals surface area contributed by atoms with Gasteiger partial charge >= 0.3 is 6.18 Å². The van der Waals surface area contributed by atoms with E-state index in [1.54, 1.807) is 11.1 Å². The van der Waals surface area contributed by atoms with E-state index in [-0.39, 0.29) is 5.69 Å². The summed E-state index contributed by atoms with van der Waals surface area (Å²) in [5.74, 6) is 0. The van der Waals surface area contributed by atoms with Crippen molar-refractivity contribution < 1.29 is 17.9 Å². The van der Waals surface area contributed by atoms with E-state index in [0.29, 0.717) is 30.8 Å². The molecule has 1 aromatic carbocycles. The fraction of sp³-hybridized carbons (Fsp3) is 0.455. The summed E-state index contributed by atoms with van der Waals surface area (Å²) in [6.45, 7) is 2.16. The molecule has 100 valence electrons. The molecule has 0 radical (unpaired) electrons. The first-order valence-corrected chi connectivity index (χ1v) is 6.22. The predicted octanol–water partition coefficient (Wildman–Crippen LogP) is 3.13. The van der Waals surface area contributed by atoms with Crippen LogP contribution < -0.4 is 5.43 Å². The number of morpholine rings is 1. The summed E-state index contributed by atoms with van der Waals surface area (Å²) >= 11 is 3.05. The highest BCUT2D eigenvalue weighted by molar-refractivity contribution is 9.10. The average molecular weight is 325 g/mol. The summed E-state index contributed by atoms with van der Waals surface area (Å²) in [5, 5.41) is 1.72.